The Labute approximate surface area is 162 Å². The van der Waals surface area contributed by atoms with E-state index in [1.807, 2.05) is 19.2 Å². The molecule has 3 rings (SSSR count). The van der Waals surface area contributed by atoms with Crippen LogP contribution in [0.3, 0.4) is 0 Å². The van der Waals surface area contributed by atoms with E-state index in [-0.39, 0.29) is 17.7 Å². The van der Waals surface area contributed by atoms with Crippen LogP contribution in [0.15, 0.2) is 24.3 Å². The van der Waals surface area contributed by atoms with Crippen molar-refractivity contribution in [1.82, 2.24) is 10.2 Å². The zero-order chi connectivity index (χ0) is 19.1. The third kappa shape index (κ3) is 5.92. The summed E-state index contributed by atoms with van der Waals surface area (Å²) < 4.78 is 16.7. The van der Waals surface area contributed by atoms with Gasteiger partial charge in [-0.25, -0.2) is 0 Å². The van der Waals surface area contributed by atoms with Gasteiger partial charge in [0, 0.05) is 18.9 Å². The molecule has 0 unspecified atom stereocenters. The zero-order valence-corrected chi connectivity index (χ0v) is 16.5. The predicted molar refractivity (Wildman–Crippen MR) is 104 cm³/mol. The van der Waals surface area contributed by atoms with Crippen LogP contribution in [0.5, 0.6) is 5.75 Å². The SMILES string of the molecule is COc1ccc(CCCN(C)CC(=O)NC2CCC3(CC2)OCCO3)cc1. The normalized spacial score (nSPS) is 19.5. The summed E-state index contributed by atoms with van der Waals surface area (Å²) in [4.78, 5) is 14.4. The van der Waals surface area contributed by atoms with E-state index >= 15 is 0 Å². The first-order valence-corrected chi connectivity index (χ1v) is 9.97. The van der Waals surface area contributed by atoms with Crippen LogP contribution in [0.25, 0.3) is 0 Å². The molecule has 1 amide bonds. The second kappa shape index (κ2) is 9.53. The number of hydrogen-bond donors (Lipinski definition) is 1. The fourth-order valence-corrected chi connectivity index (χ4v) is 3.93. The number of ether oxygens (including phenoxy) is 3. The van der Waals surface area contributed by atoms with Crippen molar-refractivity contribution in [3.8, 4) is 5.75 Å². The molecule has 1 aliphatic heterocycles. The molecule has 0 aromatic heterocycles. The van der Waals surface area contributed by atoms with E-state index in [1.165, 1.54) is 5.56 Å². The summed E-state index contributed by atoms with van der Waals surface area (Å²) >= 11 is 0. The maximum absolute atomic E-state index is 12.3. The van der Waals surface area contributed by atoms with Crippen molar-refractivity contribution in [3.63, 3.8) is 0 Å². The lowest BCUT2D eigenvalue weighted by atomic mass is 9.90. The van der Waals surface area contributed by atoms with Gasteiger partial charge in [-0.1, -0.05) is 12.1 Å². The predicted octanol–water partition coefficient (Wildman–Crippen LogP) is 2.36. The molecule has 6 heteroatoms. The third-order valence-corrected chi connectivity index (χ3v) is 5.50. The first kappa shape index (κ1) is 20.1. The van der Waals surface area contributed by atoms with Gasteiger partial charge in [-0.05, 0) is 57.0 Å². The average Bonchev–Trinajstić information content (AvgIpc) is 3.12. The molecule has 0 radical (unpaired) electrons. The van der Waals surface area contributed by atoms with Crippen molar-refractivity contribution < 1.29 is 19.0 Å². The first-order valence-electron chi connectivity index (χ1n) is 9.97. The van der Waals surface area contributed by atoms with Crippen molar-refractivity contribution in [2.24, 2.45) is 0 Å². The maximum Gasteiger partial charge on any atom is 0.234 e. The molecule has 1 saturated heterocycles. The topological polar surface area (TPSA) is 60.0 Å². The van der Waals surface area contributed by atoms with E-state index in [1.54, 1.807) is 7.11 Å². The molecule has 0 bridgehead atoms. The summed E-state index contributed by atoms with van der Waals surface area (Å²) in [6.07, 6.45) is 5.61. The number of rotatable bonds is 8. The van der Waals surface area contributed by atoms with Crippen LogP contribution in [0, 0.1) is 0 Å². The summed E-state index contributed by atoms with van der Waals surface area (Å²) in [6, 6.07) is 8.41. The van der Waals surface area contributed by atoms with Gasteiger partial charge in [-0.3, -0.25) is 9.69 Å². The van der Waals surface area contributed by atoms with Crippen LogP contribution < -0.4 is 10.1 Å². The number of carbonyl (C=O) groups is 1. The molecule has 1 aromatic carbocycles. The number of benzene rings is 1. The third-order valence-electron chi connectivity index (χ3n) is 5.50. The minimum atomic E-state index is -0.362. The molecule has 27 heavy (non-hydrogen) atoms. The lowest BCUT2D eigenvalue weighted by Gasteiger charge is -2.35. The van der Waals surface area contributed by atoms with Gasteiger partial charge >= 0.3 is 0 Å². The molecule has 1 spiro atoms. The molecular formula is C21H32N2O4. The van der Waals surface area contributed by atoms with E-state index in [2.05, 4.69) is 22.3 Å². The van der Waals surface area contributed by atoms with Gasteiger partial charge in [0.1, 0.15) is 5.75 Å². The molecule has 2 aliphatic rings. The largest absolute Gasteiger partial charge is 0.497 e. The van der Waals surface area contributed by atoms with Gasteiger partial charge in [0.15, 0.2) is 5.79 Å². The lowest BCUT2D eigenvalue weighted by Crippen LogP contribution is -2.46. The summed E-state index contributed by atoms with van der Waals surface area (Å²) in [5.41, 5.74) is 1.29. The van der Waals surface area contributed by atoms with Gasteiger partial charge in [-0.15, -0.1) is 0 Å². The van der Waals surface area contributed by atoms with E-state index in [9.17, 15) is 4.79 Å². The summed E-state index contributed by atoms with van der Waals surface area (Å²) in [5, 5.41) is 3.17. The van der Waals surface area contributed by atoms with Gasteiger partial charge in [-0.2, -0.15) is 0 Å². The molecule has 6 nitrogen and oxygen atoms in total. The molecule has 1 aliphatic carbocycles. The number of likely N-dealkylation sites (N-methyl/N-ethyl adjacent to an activating group) is 1. The van der Waals surface area contributed by atoms with Crippen molar-refractivity contribution in [2.45, 2.75) is 50.4 Å². The van der Waals surface area contributed by atoms with Crippen molar-refractivity contribution in [3.05, 3.63) is 29.8 Å². The number of nitrogens with zero attached hydrogens (tertiary/aromatic N) is 1. The molecule has 2 fully saturated rings. The Bertz CT molecular complexity index is 589. The monoisotopic (exact) mass is 376 g/mol. The highest BCUT2D eigenvalue weighted by Crippen LogP contribution is 2.35. The Morgan fingerprint density at radius 3 is 2.52 bits per heavy atom. The van der Waals surface area contributed by atoms with Gasteiger partial charge in [0.25, 0.3) is 0 Å². The fourth-order valence-electron chi connectivity index (χ4n) is 3.93. The summed E-state index contributed by atoms with van der Waals surface area (Å²) in [5.74, 6) is 0.628. The summed E-state index contributed by atoms with van der Waals surface area (Å²) in [6.45, 7) is 2.73. The standard InChI is InChI=1S/C21H32N2O4/c1-23(13-3-4-17-5-7-19(25-2)8-6-17)16-20(24)22-18-9-11-21(12-10-18)26-14-15-27-21/h5-8,18H,3-4,9-16H2,1-2H3,(H,22,24). The molecule has 1 saturated carbocycles. The highest BCUT2D eigenvalue weighted by atomic mass is 16.7. The molecular weight excluding hydrogens is 344 g/mol. The highest BCUT2D eigenvalue weighted by molar-refractivity contribution is 5.78. The van der Waals surface area contributed by atoms with Crippen LogP contribution in [-0.2, 0) is 20.7 Å². The first-order chi connectivity index (χ1) is 13.1. The van der Waals surface area contributed by atoms with E-state index in [0.717, 1.165) is 50.8 Å². The highest BCUT2D eigenvalue weighted by Gasteiger charge is 2.40. The Balaban J connectivity index is 1.30. The second-order valence-electron chi connectivity index (χ2n) is 7.64. The maximum atomic E-state index is 12.3. The second-order valence-corrected chi connectivity index (χ2v) is 7.64. The fraction of sp³-hybridized carbons (Fsp3) is 0.667. The van der Waals surface area contributed by atoms with E-state index < -0.39 is 0 Å². The van der Waals surface area contributed by atoms with Crippen LogP contribution in [0.2, 0.25) is 0 Å². The Morgan fingerprint density at radius 2 is 1.89 bits per heavy atom. The Morgan fingerprint density at radius 1 is 1.22 bits per heavy atom. The minimum absolute atomic E-state index is 0.108. The van der Waals surface area contributed by atoms with Crippen molar-refractivity contribution in [2.75, 3.05) is 40.5 Å². The molecule has 0 atom stereocenters. The average molecular weight is 376 g/mol. The molecule has 150 valence electrons. The smallest absolute Gasteiger partial charge is 0.234 e. The Hall–Kier alpha value is -1.63. The Kier molecular flexibility index (Phi) is 7.10. The number of hydrogen-bond acceptors (Lipinski definition) is 5. The molecule has 1 heterocycles. The van der Waals surface area contributed by atoms with Crippen LogP contribution in [0.1, 0.15) is 37.7 Å². The number of nitrogens with one attached hydrogen (secondary N) is 1. The van der Waals surface area contributed by atoms with Crippen molar-refractivity contribution in [1.29, 1.82) is 0 Å². The van der Waals surface area contributed by atoms with Crippen molar-refractivity contribution >= 4 is 5.91 Å². The van der Waals surface area contributed by atoms with Crippen LogP contribution in [-0.4, -0.2) is 63.1 Å². The van der Waals surface area contributed by atoms with E-state index in [0.29, 0.717) is 19.8 Å². The quantitative estimate of drug-likeness (QED) is 0.755. The van der Waals surface area contributed by atoms with E-state index in [4.69, 9.17) is 14.2 Å². The number of amides is 1. The minimum Gasteiger partial charge on any atom is -0.497 e. The van der Waals surface area contributed by atoms with Gasteiger partial charge in [0.05, 0.1) is 26.9 Å². The zero-order valence-electron chi connectivity index (χ0n) is 16.5. The number of aryl methyl sites for hydroxylation is 1. The van der Waals surface area contributed by atoms with Gasteiger partial charge in [0.2, 0.25) is 5.91 Å². The van der Waals surface area contributed by atoms with Crippen LogP contribution >= 0.6 is 0 Å². The molecule has 1 N–H and O–H groups in total. The summed E-state index contributed by atoms with van der Waals surface area (Å²) in [7, 11) is 3.68. The number of carbonyl (C=O) groups excluding carboxylic acids is 1. The number of methoxy groups -OCH3 is 1. The van der Waals surface area contributed by atoms with Crippen LogP contribution in [0.4, 0.5) is 0 Å². The molecule has 1 aromatic rings. The lowest BCUT2D eigenvalue weighted by molar-refractivity contribution is -0.180. The van der Waals surface area contributed by atoms with Gasteiger partial charge < -0.3 is 19.5 Å².